The Balaban J connectivity index is 1.95. The Morgan fingerprint density at radius 3 is 2.59 bits per heavy atom. The second kappa shape index (κ2) is 4.16. The lowest BCUT2D eigenvalue weighted by Crippen LogP contribution is -2.40. The fraction of sp³-hybridized carbons (Fsp3) is 0.923. The predicted molar refractivity (Wildman–Crippen MR) is 66.6 cm³/mol. The normalized spacial score (nSPS) is 29.5. The zero-order valence-corrected chi connectivity index (χ0v) is 11.2. The van der Waals surface area contributed by atoms with E-state index in [-0.39, 0.29) is 11.5 Å². The first-order chi connectivity index (χ1) is 7.86. The number of carbonyl (C=O) groups excluding carboxylic acids is 1. The van der Waals surface area contributed by atoms with Crippen molar-refractivity contribution in [2.75, 3.05) is 19.6 Å². The van der Waals surface area contributed by atoms with E-state index in [9.17, 15) is 4.79 Å². The van der Waals surface area contributed by atoms with Gasteiger partial charge in [-0.3, -0.25) is 0 Å². The molecule has 17 heavy (non-hydrogen) atoms. The van der Waals surface area contributed by atoms with Crippen LogP contribution in [-0.2, 0) is 4.74 Å². The molecule has 98 valence electrons. The molecular formula is C13H24N2O2. The molecule has 1 aliphatic heterocycles. The maximum Gasteiger partial charge on any atom is 0.410 e. The highest BCUT2D eigenvalue weighted by Gasteiger charge is 2.49. The maximum atomic E-state index is 12.0. The van der Waals surface area contributed by atoms with Crippen LogP contribution in [0, 0.1) is 11.3 Å². The summed E-state index contributed by atoms with van der Waals surface area (Å²) in [7, 11) is 0. The summed E-state index contributed by atoms with van der Waals surface area (Å²) < 4.78 is 5.41. The molecule has 4 nitrogen and oxygen atoms in total. The van der Waals surface area contributed by atoms with Crippen molar-refractivity contribution in [3.05, 3.63) is 0 Å². The van der Waals surface area contributed by atoms with Crippen LogP contribution in [-0.4, -0.2) is 36.2 Å². The average Bonchev–Trinajstić information content (AvgIpc) is 2.97. The molecule has 0 spiro atoms. The molecule has 1 saturated carbocycles. The van der Waals surface area contributed by atoms with Crippen molar-refractivity contribution in [2.45, 2.75) is 45.6 Å². The molecule has 2 aliphatic rings. The highest BCUT2D eigenvalue weighted by molar-refractivity contribution is 5.68. The molecular weight excluding hydrogens is 216 g/mol. The van der Waals surface area contributed by atoms with Crippen molar-refractivity contribution in [1.82, 2.24) is 4.90 Å². The minimum Gasteiger partial charge on any atom is -0.444 e. The molecule has 1 saturated heterocycles. The molecule has 0 radical (unpaired) electrons. The molecule has 1 aliphatic carbocycles. The third-order valence-electron chi connectivity index (χ3n) is 3.89. The van der Waals surface area contributed by atoms with Crippen LogP contribution in [0.3, 0.4) is 0 Å². The number of ether oxygens (including phenoxy) is 1. The number of nitrogens with zero attached hydrogens (tertiary/aromatic N) is 1. The number of carbonyl (C=O) groups is 1. The molecule has 2 rings (SSSR count). The first-order valence-electron chi connectivity index (χ1n) is 6.54. The monoisotopic (exact) mass is 240 g/mol. The van der Waals surface area contributed by atoms with Crippen LogP contribution >= 0.6 is 0 Å². The molecule has 1 unspecified atom stereocenters. The molecule has 1 heterocycles. The van der Waals surface area contributed by atoms with E-state index in [2.05, 4.69) is 0 Å². The second-order valence-corrected chi connectivity index (χ2v) is 6.49. The molecule has 0 bridgehead atoms. The molecule has 0 aromatic carbocycles. The van der Waals surface area contributed by atoms with Gasteiger partial charge in [-0.15, -0.1) is 0 Å². The fourth-order valence-corrected chi connectivity index (χ4v) is 2.74. The van der Waals surface area contributed by atoms with Gasteiger partial charge in [0, 0.05) is 18.5 Å². The zero-order valence-electron chi connectivity index (χ0n) is 11.2. The Morgan fingerprint density at radius 1 is 1.47 bits per heavy atom. The Labute approximate surface area is 103 Å². The molecule has 2 fully saturated rings. The van der Waals surface area contributed by atoms with Gasteiger partial charge in [-0.1, -0.05) is 0 Å². The van der Waals surface area contributed by atoms with Crippen LogP contribution < -0.4 is 5.73 Å². The third kappa shape index (κ3) is 2.73. The van der Waals surface area contributed by atoms with Crippen LogP contribution in [0.25, 0.3) is 0 Å². The summed E-state index contributed by atoms with van der Waals surface area (Å²) in [5, 5.41) is 0. The molecule has 0 aromatic heterocycles. The van der Waals surface area contributed by atoms with Gasteiger partial charge in [0.2, 0.25) is 0 Å². The Hall–Kier alpha value is -0.770. The van der Waals surface area contributed by atoms with Crippen molar-refractivity contribution in [3.63, 3.8) is 0 Å². The molecule has 1 atom stereocenters. The van der Waals surface area contributed by atoms with Gasteiger partial charge in [0.05, 0.1) is 0 Å². The van der Waals surface area contributed by atoms with Gasteiger partial charge >= 0.3 is 6.09 Å². The Bertz CT molecular complexity index is 307. The highest BCUT2D eigenvalue weighted by atomic mass is 16.6. The van der Waals surface area contributed by atoms with Gasteiger partial charge in [0.25, 0.3) is 0 Å². The molecule has 4 heteroatoms. The molecule has 0 aromatic rings. The smallest absolute Gasteiger partial charge is 0.410 e. The SMILES string of the molecule is CC(C)(C)OC(=O)N1CCC(CN)(C2CC2)C1. The minimum absolute atomic E-state index is 0.177. The van der Waals surface area contributed by atoms with Crippen LogP contribution in [0.4, 0.5) is 4.79 Å². The topological polar surface area (TPSA) is 55.6 Å². The second-order valence-electron chi connectivity index (χ2n) is 6.49. The lowest BCUT2D eigenvalue weighted by Gasteiger charge is -2.29. The third-order valence-corrected chi connectivity index (χ3v) is 3.89. The molecule has 1 amide bonds. The van der Waals surface area contributed by atoms with Crippen molar-refractivity contribution in [2.24, 2.45) is 17.1 Å². The van der Waals surface area contributed by atoms with E-state index in [0.29, 0.717) is 6.54 Å². The van der Waals surface area contributed by atoms with E-state index in [1.807, 2.05) is 25.7 Å². The molecule has 2 N–H and O–H groups in total. The maximum absolute atomic E-state index is 12.0. The van der Waals surface area contributed by atoms with Crippen molar-refractivity contribution in [3.8, 4) is 0 Å². The van der Waals surface area contributed by atoms with Crippen LogP contribution in [0.5, 0.6) is 0 Å². The van der Waals surface area contributed by atoms with Gasteiger partial charge in [-0.25, -0.2) is 4.79 Å². The lowest BCUT2D eigenvalue weighted by atomic mass is 9.82. The largest absolute Gasteiger partial charge is 0.444 e. The minimum atomic E-state index is -0.412. The van der Waals surface area contributed by atoms with E-state index in [4.69, 9.17) is 10.5 Å². The van der Waals surface area contributed by atoms with Gasteiger partial charge in [0.1, 0.15) is 5.60 Å². The van der Waals surface area contributed by atoms with E-state index in [1.54, 1.807) is 0 Å². The van der Waals surface area contributed by atoms with Crippen LogP contribution in [0.2, 0.25) is 0 Å². The van der Waals surface area contributed by atoms with Gasteiger partial charge in [0.15, 0.2) is 0 Å². The summed E-state index contributed by atoms with van der Waals surface area (Å²) in [5.41, 5.74) is 5.69. The summed E-state index contributed by atoms with van der Waals surface area (Å²) >= 11 is 0. The number of rotatable bonds is 2. The van der Waals surface area contributed by atoms with Crippen LogP contribution in [0.1, 0.15) is 40.0 Å². The summed E-state index contributed by atoms with van der Waals surface area (Å²) in [5.74, 6) is 0.736. The van der Waals surface area contributed by atoms with Gasteiger partial charge in [-0.2, -0.15) is 0 Å². The number of amides is 1. The lowest BCUT2D eigenvalue weighted by molar-refractivity contribution is 0.0269. The average molecular weight is 240 g/mol. The summed E-state index contributed by atoms with van der Waals surface area (Å²) in [6.45, 7) is 7.97. The summed E-state index contributed by atoms with van der Waals surface area (Å²) in [6.07, 6.45) is 3.40. The van der Waals surface area contributed by atoms with Crippen molar-refractivity contribution >= 4 is 6.09 Å². The first-order valence-corrected chi connectivity index (χ1v) is 6.54. The number of likely N-dealkylation sites (tertiary alicyclic amines) is 1. The quantitative estimate of drug-likeness (QED) is 0.803. The van der Waals surface area contributed by atoms with Crippen LogP contribution in [0.15, 0.2) is 0 Å². The highest BCUT2D eigenvalue weighted by Crippen LogP contribution is 2.50. The van der Waals surface area contributed by atoms with Gasteiger partial charge < -0.3 is 15.4 Å². The van der Waals surface area contributed by atoms with E-state index < -0.39 is 5.60 Å². The van der Waals surface area contributed by atoms with Crippen molar-refractivity contribution < 1.29 is 9.53 Å². The predicted octanol–water partition coefficient (Wildman–Crippen LogP) is 1.98. The first kappa shape index (κ1) is 12.7. The Kier molecular flexibility index (Phi) is 3.10. The number of hydrogen-bond donors (Lipinski definition) is 1. The fourth-order valence-electron chi connectivity index (χ4n) is 2.74. The van der Waals surface area contributed by atoms with E-state index in [1.165, 1.54) is 12.8 Å². The van der Waals surface area contributed by atoms with Gasteiger partial charge in [-0.05, 0) is 52.5 Å². The number of nitrogens with two attached hydrogens (primary N) is 1. The zero-order chi connectivity index (χ0) is 12.7. The Morgan fingerprint density at radius 2 is 2.12 bits per heavy atom. The number of hydrogen-bond acceptors (Lipinski definition) is 3. The van der Waals surface area contributed by atoms with E-state index >= 15 is 0 Å². The van der Waals surface area contributed by atoms with Crippen molar-refractivity contribution in [1.29, 1.82) is 0 Å². The van der Waals surface area contributed by atoms with E-state index in [0.717, 1.165) is 25.4 Å². The standard InChI is InChI=1S/C13H24N2O2/c1-12(2,3)17-11(16)15-7-6-13(8-14,9-15)10-4-5-10/h10H,4-9,14H2,1-3H3. The summed E-state index contributed by atoms with van der Waals surface area (Å²) in [4.78, 5) is 13.8. The summed E-state index contributed by atoms with van der Waals surface area (Å²) in [6, 6.07) is 0.